The van der Waals surface area contributed by atoms with Gasteiger partial charge in [-0.3, -0.25) is 4.98 Å². The van der Waals surface area contributed by atoms with Crippen LogP contribution in [0, 0.1) is 13.8 Å². The molecule has 1 aromatic heterocycles. The molecule has 0 radical (unpaired) electrons. The molecular weight excluding hydrogens is 244 g/mol. The molecule has 0 atom stereocenters. The number of fused-ring (bicyclic) bond motifs is 2. The topological polar surface area (TPSA) is 24.9 Å². The molecule has 2 aromatic rings. The lowest BCUT2D eigenvalue weighted by Gasteiger charge is -2.18. The summed E-state index contributed by atoms with van der Waals surface area (Å²) in [5.41, 5.74) is 8.01. The Morgan fingerprint density at radius 2 is 1.90 bits per heavy atom. The molecule has 0 aliphatic heterocycles. The van der Waals surface area contributed by atoms with Gasteiger partial charge in [0.2, 0.25) is 0 Å². The maximum Gasteiger partial charge on any atom is 0.0758 e. The van der Waals surface area contributed by atoms with E-state index in [1.54, 1.807) is 0 Å². The standard InChI is InChI=1S/C18H24N2/c1-4-19-18-14-8-6-5-7-9-16(14)20-17-13(3)12(2)10-11-15(17)18/h10-11H,4-9H2,1-3H3,(H,19,20). The second kappa shape index (κ2) is 5.43. The second-order valence-corrected chi connectivity index (χ2v) is 5.91. The van der Waals surface area contributed by atoms with Gasteiger partial charge in [0.1, 0.15) is 0 Å². The monoisotopic (exact) mass is 268 g/mol. The van der Waals surface area contributed by atoms with Gasteiger partial charge >= 0.3 is 0 Å². The number of hydrogen-bond donors (Lipinski definition) is 1. The molecule has 0 saturated heterocycles. The minimum atomic E-state index is 0.971. The van der Waals surface area contributed by atoms with Crippen molar-refractivity contribution in [2.75, 3.05) is 11.9 Å². The van der Waals surface area contributed by atoms with Crippen LogP contribution in [0.1, 0.15) is 48.6 Å². The van der Waals surface area contributed by atoms with E-state index in [0.29, 0.717) is 0 Å². The summed E-state index contributed by atoms with van der Waals surface area (Å²) < 4.78 is 0. The molecule has 1 aromatic carbocycles. The highest BCUT2D eigenvalue weighted by molar-refractivity contribution is 5.95. The van der Waals surface area contributed by atoms with Gasteiger partial charge < -0.3 is 5.32 Å². The van der Waals surface area contributed by atoms with Crippen LogP contribution in [0.4, 0.5) is 5.69 Å². The molecule has 1 heterocycles. The summed E-state index contributed by atoms with van der Waals surface area (Å²) in [5.74, 6) is 0. The van der Waals surface area contributed by atoms with Crippen LogP contribution in [0.5, 0.6) is 0 Å². The highest BCUT2D eigenvalue weighted by Gasteiger charge is 2.17. The first kappa shape index (κ1) is 13.4. The third-order valence-corrected chi connectivity index (χ3v) is 4.56. The second-order valence-electron chi connectivity index (χ2n) is 5.91. The van der Waals surface area contributed by atoms with Crippen molar-refractivity contribution >= 4 is 16.6 Å². The van der Waals surface area contributed by atoms with Crippen LogP contribution >= 0.6 is 0 Å². The number of aryl methyl sites for hydroxylation is 3. The molecule has 2 heteroatoms. The smallest absolute Gasteiger partial charge is 0.0758 e. The van der Waals surface area contributed by atoms with Gasteiger partial charge in [0.05, 0.1) is 5.52 Å². The van der Waals surface area contributed by atoms with E-state index < -0.39 is 0 Å². The van der Waals surface area contributed by atoms with Crippen molar-refractivity contribution in [1.82, 2.24) is 4.98 Å². The summed E-state index contributed by atoms with van der Waals surface area (Å²) in [4.78, 5) is 5.04. The van der Waals surface area contributed by atoms with Crippen LogP contribution in [0.3, 0.4) is 0 Å². The van der Waals surface area contributed by atoms with E-state index in [2.05, 4.69) is 38.2 Å². The summed E-state index contributed by atoms with van der Waals surface area (Å²) in [5, 5.41) is 4.91. The molecule has 1 aliphatic carbocycles. The molecular formula is C18H24N2. The summed E-state index contributed by atoms with van der Waals surface area (Å²) >= 11 is 0. The lowest BCUT2D eigenvalue weighted by atomic mass is 9.98. The number of nitrogens with one attached hydrogen (secondary N) is 1. The molecule has 0 unspecified atom stereocenters. The van der Waals surface area contributed by atoms with E-state index in [0.717, 1.165) is 13.0 Å². The minimum absolute atomic E-state index is 0.971. The van der Waals surface area contributed by atoms with Crippen molar-refractivity contribution in [2.24, 2.45) is 0 Å². The Balaban J connectivity index is 2.32. The summed E-state index contributed by atoms with van der Waals surface area (Å²) in [6, 6.07) is 4.47. The maximum absolute atomic E-state index is 5.04. The Labute approximate surface area is 121 Å². The molecule has 0 bridgehead atoms. The van der Waals surface area contributed by atoms with Crippen LogP contribution in [-0.4, -0.2) is 11.5 Å². The first-order valence-electron chi connectivity index (χ1n) is 7.88. The zero-order valence-electron chi connectivity index (χ0n) is 12.8. The quantitative estimate of drug-likeness (QED) is 0.808. The first-order chi connectivity index (χ1) is 9.72. The van der Waals surface area contributed by atoms with Crippen molar-refractivity contribution in [2.45, 2.75) is 52.9 Å². The highest BCUT2D eigenvalue weighted by atomic mass is 14.9. The maximum atomic E-state index is 5.04. The molecule has 20 heavy (non-hydrogen) atoms. The largest absolute Gasteiger partial charge is 0.384 e. The Hall–Kier alpha value is -1.57. The predicted octanol–water partition coefficient (Wildman–Crippen LogP) is 4.55. The van der Waals surface area contributed by atoms with Gasteiger partial charge in [-0.1, -0.05) is 18.6 Å². The number of aromatic nitrogens is 1. The summed E-state index contributed by atoms with van der Waals surface area (Å²) in [6.45, 7) is 7.52. The third-order valence-electron chi connectivity index (χ3n) is 4.56. The minimum Gasteiger partial charge on any atom is -0.384 e. The predicted molar refractivity (Wildman–Crippen MR) is 86.6 cm³/mol. The van der Waals surface area contributed by atoms with Crippen molar-refractivity contribution in [3.63, 3.8) is 0 Å². The van der Waals surface area contributed by atoms with E-state index in [1.165, 1.54) is 64.7 Å². The van der Waals surface area contributed by atoms with Gasteiger partial charge in [-0.25, -0.2) is 0 Å². The number of rotatable bonds is 2. The molecule has 0 amide bonds. The van der Waals surface area contributed by atoms with E-state index >= 15 is 0 Å². The van der Waals surface area contributed by atoms with Crippen molar-refractivity contribution < 1.29 is 0 Å². The molecule has 0 saturated carbocycles. The zero-order chi connectivity index (χ0) is 14.1. The fourth-order valence-corrected chi connectivity index (χ4v) is 3.28. The third kappa shape index (κ3) is 2.17. The van der Waals surface area contributed by atoms with E-state index in [1.807, 2.05) is 0 Å². The molecule has 106 valence electrons. The van der Waals surface area contributed by atoms with Gasteiger partial charge in [-0.15, -0.1) is 0 Å². The molecule has 1 aliphatic rings. The molecule has 3 rings (SSSR count). The van der Waals surface area contributed by atoms with Gasteiger partial charge in [0.25, 0.3) is 0 Å². The Morgan fingerprint density at radius 3 is 2.70 bits per heavy atom. The lowest BCUT2D eigenvalue weighted by molar-refractivity contribution is 0.709. The highest BCUT2D eigenvalue weighted by Crippen LogP contribution is 2.34. The van der Waals surface area contributed by atoms with Gasteiger partial charge in [0, 0.05) is 23.3 Å². The van der Waals surface area contributed by atoms with Crippen LogP contribution < -0.4 is 5.32 Å². The average molecular weight is 268 g/mol. The van der Waals surface area contributed by atoms with Crippen LogP contribution in [0.25, 0.3) is 10.9 Å². The molecule has 1 N–H and O–H groups in total. The van der Waals surface area contributed by atoms with Crippen LogP contribution in [0.2, 0.25) is 0 Å². The number of benzene rings is 1. The summed E-state index contributed by atoms with van der Waals surface area (Å²) in [6.07, 6.45) is 6.21. The number of hydrogen-bond acceptors (Lipinski definition) is 2. The van der Waals surface area contributed by atoms with E-state index in [4.69, 9.17) is 4.98 Å². The fourth-order valence-electron chi connectivity index (χ4n) is 3.28. The first-order valence-corrected chi connectivity index (χ1v) is 7.88. The van der Waals surface area contributed by atoms with Gasteiger partial charge in [-0.05, 0) is 63.1 Å². The molecule has 0 fully saturated rings. The summed E-state index contributed by atoms with van der Waals surface area (Å²) in [7, 11) is 0. The Kier molecular flexibility index (Phi) is 3.64. The average Bonchev–Trinajstić information content (AvgIpc) is 2.68. The normalized spacial score (nSPS) is 14.9. The van der Waals surface area contributed by atoms with Gasteiger partial charge in [0.15, 0.2) is 0 Å². The Morgan fingerprint density at radius 1 is 1.10 bits per heavy atom. The van der Waals surface area contributed by atoms with Crippen LogP contribution in [-0.2, 0) is 12.8 Å². The molecule has 0 spiro atoms. The number of nitrogens with zero attached hydrogens (tertiary/aromatic N) is 1. The lowest BCUT2D eigenvalue weighted by Crippen LogP contribution is -2.07. The Bertz CT molecular complexity index is 644. The number of pyridine rings is 1. The van der Waals surface area contributed by atoms with Gasteiger partial charge in [-0.2, -0.15) is 0 Å². The molecule has 2 nitrogen and oxygen atoms in total. The van der Waals surface area contributed by atoms with Crippen LogP contribution in [0.15, 0.2) is 12.1 Å². The number of anilines is 1. The fraction of sp³-hybridized carbons (Fsp3) is 0.500. The zero-order valence-corrected chi connectivity index (χ0v) is 12.8. The van der Waals surface area contributed by atoms with Crippen molar-refractivity contribution in [3.8, 4) is 0 Å². The SMILES string of the molecule is CCNc1c2c(nc3c(C)c(C)ccc13)CCCCC2. The van der Waals surface area contributed by atoms with E-state index in [9.17, 15) is 0 Å². The van der Waals surface area contributed by atoms with E-state index in [-0.39, 0.29) is 0 Å². The van der Waals surface area contributed by atoms with Crippen molar-refractivity contribution in [1.29, 1.82) is 0 Å². The van der Waals surface area contributed by atoms with Crippen molar-refractivity contribution in [3.05, 3.63) is 34.5 Å².